The number of anilines is 2. The third-order valence-electron chi connectivity index (χ3n) is 11.9. The highest BCUT2D eigenvalue weighted by Gasteiger charge is 2.28. The quantitative estimate of drug-likeness (QED) is 0.122. The normalized spacial score (nSPS) is 14.1. The number of rotatable bonds is 7. The zero-order valence-corrected chi connectivity index (χ0v) is 36.5. The Morgan fingerprint density at radius 3 is 1.28 bits per heavy atom. The first-order chi connectivity index (χ1) is 29.4. The molecule has 0 saturated heterocycles. The molecule has 0 unspecified atom stereocenters. The highest BCUT2D eigenvalue weighted by Crippen LogP contribution is 2.38. The second kappa shape index (κ2) is 15.7. The van der Waals surface area contributed by atoms with E-state index in [9.17, 15) is 5.41 Å². The number of hydrogen-bond donors (Lipinski definition) is 2. The third-order valence-corrected chi connectivity index (χ3v) is 12.1. The minimum Gasteiger partial charge on any atom is -0.309 e. The lowest BCUT2D eigenvalue weighted by Crippen LogP contribution is -2.30. The predicted octanol–water partition coefficient (Wildman–Crippen LogP) is 15.1. The number of allylic oxidation sites excluding steroid dienone is 4. The second-order valence-electron chi connectivity index (χ2n) is 18.0. The van der Waals surface area contributed by atoms with Gasteiger partial charge >= 0.3 is 0 Å². The average Bonchev–Trinajstić information content (AvgIpc) is 3.61. The first-order valence-electron chi connectivity index (χ1n) is 20.9. The number of aromatic nitrogens is 1. The van der Waals surface area contributed by atoms with E-state index < -0.39 is 0 Å². The molecule has 300 valence electrons. The van der Waals surface area contributed by atoms with Gasteiger partial charge in [0.2, 0.25) is 0 Å². The van der Waals surface area contributed by atoms with E-state index in [1.165, 1.54) is 44.1 Å². The van der Waals surface area contributed by atoms with E-state index in [0.717, 1.165) is 39.3 Å². The van der Waals surface area contributed by atoms with Crippen LogP contribution in [0.2, 0.25) is 0 Å². The molecule has 0 bridgehead atoms. The SMILES string of the molecule is CC(C)(C)c1ccc(-c2ccc(N(C3=CC=C(c4ccc(-n5c6ccccc6c6ccccc65)cc4)/C(=N/S)C3=N)c3ccc(-c4ccc(C(C)(C)C)cc4)cc3)cc2)cc1. The van der Waals surface area contributed by atoms with Crippen molar-refractivity contribution in [3.05, 3.63) is 204 Å². The molecule has 0 radical (unpaired) electrons. The van der Waals surface area contributed by atoms with E-state index in [0.29, 0.717) is 17.1 Å². The van der Waals surface area contributed by atoms with Gasteiger partial charge in [0.1, 0.15) is 11.4 Å². The highest BCUT2D eigenvalue weighted by atomic mass is 32.1. The minimum atomic E-state index is 0.0902. The van der Waals surface area contributed by atoms with Crippen LogP contribution in [0.25, 0.3) is 55.3 Å². The van der Waals surface area contributed by atoms with Crippen LogP contribution in [0.5, 0.6) is 0 Å². The maximum Gasteiger partial charge on any atom is 0.106 e. The molecule has 0 fully saturated rings. The summed E-state index contributed by atoms with van der Waals surface area (Å²) < 4.78 is 6.78. The predicted molar refractivity (Wildman–Crippen MR) is 264 cm³/mol. The molecule has 7 aromatic carbocycles. The Morgan fingerprint density at radius 2 is 0.869 bits per heavy atom. The van der Waals surface area contributed by atoms with Crippen LogP contribution in [0.4, 0.5) is 11.4 Å². The lowest BCUT2D eigenvalue weighted by Gasteiger charge is -2.31. The van der Waals surface area contributed by atoms with Crippen LogP contribution < -0.4 is 4.90 Å². The molecule has 0 amide bonds. The van der Waals surface area contributed by atoms with Crippen molar-refractivity contribution in [2.75, 3.05) is 4.90 Å². The fourth-order valence-corrected chi connectivity index (χ4v) is 8.66. The molecule has 9 rings (SSSR count). The van der Waals surface area contributed by atoms with Gasteiger partial charge in [-0.05, 0) is 123 Å². The minimum absolute atomic E-state index is 0.0902. The van der Waals surface area contributed by atoms with Gasteiger partial charge in [0.15, 0.2) is 0 Å². The molecule has 0 aliphatic heterocycles. The van der Waals surface area contributed by atoms with Crippen molar-refractivity contribution in [1.82, 2.24) is 4.57 Å². The summed E-state index contributed by atoms with van der Waals surface area (Å²) in [5, 5.41) is 12.2. The molecule has 0 spiro atoms. The Hall–Kier alpha value is -6.69. The monoisotopic (exact) mass is 810 g/mol. The highest BCUT2D eigenvalue weighted by molar-refractivity contribution is 7.79. The van der Waals surface area contributed by atoms with Gasteiger partial charge in [-0.1, -0.05) is 163 Å². The van der Waals surface area contributed by atoms with Crippen molar-refractivity contribution >= 4 is 63.0 Å². The van der Waals surface area contributed by atoms with Crippen LogP contribution in [0.15, 0.2) is 192 Å². The largest absolute Gasteiger partial charge is 0.309 e. The van der Waals surface area contributed by atoms with Crippen LogP contribution in [-0.2, 0) is 10.8 Å². The van der Waals surface area contributed by atoms with Crippen LogP contribution in [-0.4, -0.2) is 16.0 Å². The summed E-state index contributed by atoms with van der Waals surface area (Å²) in [6.45, 7) is 13.4. The number of nitrogens with zero attached hydrogens (tertiary/aromatic N) is 3. The Kier molecular flexibility index (Phi) is 10.2. The van der Waals surface area contributed by atoms with Gasteiger partial charge in [0, 0.05) is 33.4 Å². The number of para-hydroxylation sites is 2. The summed E-state index contributed by atoms with van der Waals surface area (Å²) in [6.07, 6.45) is 4.11. The van der Waals surface area contributed by atoms with Crippen molar-refractivity contribution in [2.45, 2.75) is 52.4 Å². The first-order valence-corrected chi connectivity index (χ1v) is 21.3. The van der Waals surface area contributed by atoms with E-state index in [1.54, 1.807) is 0 Å². The molecule has 4 nitrogen and oxygen atoms in total. The zero-order valence-electron chi connectivity index (χ0n) is 35.6. The Bertz CT molecular complexity index is 2850. The third kappa shape index (κ3) is 7.55. The standard InChI is InChI=1S/C56H50N4S/c1-55(2,3)42-25-15-37(16-26-42)39-19-29-44(30-20-39)59(45-31-21-40(22-32-45)38-17-27-43(28-18-38)56(4,5)6)52-36-35-47(54(58-61)53(52)57)41-23-33-46(34-24-41)60-50-13-9-7-11-48(50)49-12-8-10-14-51(49)60/h7-36,57,61H,1-6H3/b57-53?,58-54-. The molecule has 1 heterocycles. The van der Waals surface area contributed by atoms with Gasteiger partial charge in [-0.25, -0.2) is 4.40 Å². The van der Waals surface area contributed by atoms with Crippen LogP contribution >= 0.6 is 12.8 Å². The average molecular weight is 811 g/mol. The van der Waals surface area contributed by atoms with Crippen LogP contribution in [0.1, 0.15) is 58.2 Å². The maximum absolute atomic E-state index is 9.71. The fourth-order valence-electron chi connectivity index (χ4n) is 8.45. The second-order valence-corrected chi connectivity index (χ2v) is 18.2. The maximum atomic E-state index is 9.71. The topological polar surface area (TPSA) is 44.4 Å². The molecule has 1 aliphatic rings. The summed E-state index contributed by atoms with van der Waals surface area (Å²) >= 11 is 4.48. The number of benzene rings is 7. The van der Waals surface area contributed by atoms with Gasteiger partial charge < -0.3 is 9.47 Å². The number of fused-ring (bicyclic) bond motifs is 3. The van der Waals surface area contributed by atoms with Gasteiger partial charge in [0.05, 0.1) is 16.7 Å². The fraction of sp³-hybridized carbons (Fsp3) is 0.143. The smallest absolute Gasteiger partial charge is 0.106 e. The number of thiol groups is 1. The van der Waals surface area contributed by atoms with Crippen LogP contribution in [0, 0.1) is 5.41 Å². The molecular weight excluding hydrogens is 761 g/mol. The molecular formula is C56H50N4S. The lowest BCUT2D eigenvalue weighted by molar-refractivity contribution is 0.590. The van der Waals surface area contributed by atoms with E-state index in [2.05, 4.69) is 244 Å². The van der Waals surface area contributed by atoms with E-state index in [-0.39, 0.29) is 10.8 Å². The van der Waals surface area contributed by atoms with Crippen molar-refractivity contribution in [2.24, 2.45) is 4.40 Å². The van der Waals surface area contributed by atoms with E-state index in [1.807, 2.05) is 6.08 Å². The van der Waals surface area contributed by atoms with Gasteiger partial charge in [-0.3, -0.25) is 5.41 Å². The molecule has 0 saturated carbocycles. The lowest BCUT2D eigenvalue weighted by atomic mass is 9.86. The molecule has 1 N–H and O–H groups in total. The Labute approximate surface area is 365 Å². The first kappa shape index (κ1) is 39.8. The number of nitrogens with one attached hydrogen (secondary N) is 1. The molecule has 1 aromatic heterocycles. The zero-order chi connectivity index (χ0) is 42.5. The summed E-state index contributed by atoms with van der Waals surface area (Å²) in [6, 6.07) is 60.6. The number of hydrogen-bond acceptors (Lipinski definition) is 4. The summed E-state index contributed by atoms with van der Waals surface area (Å²) in [5.41, 5.74) is 16.0. The van der Waals surface area contributed by atoms with E-state index in [4.69, 9.17) is 0 Å². The summed E-state index contributed by atoms with van der Waals surface area (Å²) in [7, 11) is 0. The van der Waals surface area contributed by atoms with Crippen molar-refractivity contribution < 1.29 is 0 Å². The molecule has 1 aliphatic carbocycles. The molecule has 5 heteroatoms. The summed E-state index contributed by atoms with van der Waals surface area (Å²) in [5.74, 6) is 0. The Balaban J connectivity index is 1.09. The molecule has 0 atom stereocenters. The molecule has 8 aromatic rings. The summed E-state index contributed by atoms with van der Waals surface area (Å²) in [4.78, 5) is 2.15. The van der Waals surface area contributed by atoms with E-state index >= 15 is 0 Å². The van der Waals surface area contributed by atoms with Crippen molar-refractivity contribution in [1.29, 1.82) is 5.41 Å². The van der Waals surface area contributed by atoms with Crippen LogP contribution in [0.3, 0.4) is 0 Å². The Morgan fingerprint density at radius 1 is 0.475 bits per heavy atom. The molecule has 61 heavy (non-hydrogen) atoms. The van der Waals surface area contributed by atoms with Gasteiger partial charge in [-0.15, -0.1) is 0 Å². The van der Waals surface area contributed by atoms with Gasteiger partial charge in [-0.2, -0.15) is 0 Å². The van der Waals surface area contributed by atoms with Gasteiger partial charge in [0.25, 0.3) is 0 Å². The van der Waals surface area contributed by atoms with Crippen molar-refractivity contribution in [3.63, 3.8) is 0 Å². The van der Waals surface area contributed by atoms with Crippen molar-refractivity contribution in [3.8, 4) is 27.9 Å².